The highest BCUT2D eigenvalue weighted by Crippen LogP contribution is 2.25. The second-order valence-corrected chi connectivity index (χ2v) is 4.53. The topological polar surface area (TPSA) is 28.7 Å². The fraction of sp³-hybridized carbons (Fsp3) is 0.500. The molecule has 0 saturated heterocycles. The van der Waals surface area contributed by atoms with E-state index in [9.17, 15) is 4.39 Å². The molecule has 0 spiro atoms. The molecule has 0 bridgehead atoms. The number of hydrogen-bond acceptors (Lipinski definition) is 1. The minimum Gasteiger partial charge on any atom is -0.342 e. The van der Waals surface area contributed by atoms with Gasteiger partial charge >= 0.3 is 0 Å². The molecule has 0 amide bonds. The largest absolute Gasteiger partial charge is 0.342 e. The van der Waals surface area contributed by atoms with Gasteiger partial charge in [0.15, 0.2) is 0 Å². The quantitative estimate of drug-likeness (QED) is 0.816. The first-order valence-corrected chi connectivity index (χ1v) is 6.39. The van der Waals surface area contributed by atoms with Gasteiger partial charge in [0.05, 0.1) is 11.0 Å². The Morgan fingerprint density at radius 3 is 2.88 bits per heavy atom. The Morgan fingerprint density at radius 1 is 1.35 bits per heavy atom. The number of aromatic nitrogens is 2. The smallest absolute Gasteiger partial charge is 0.125 e. The molecule has 1 N–H and O–H groups in total. The number of unbranched alkanes of at least 4 members (excludes halogenated alkanes) is 1. The highest BCUT2D eigenvalue weighted by atomic mass is 19.1. The van der Waals surface area contributed by atoms with Crippen LogP contribution in [0.1, 0.15) is 51.3 Å². The molecular formula is C14H19FN2. The van der Waals surface area contributed by atoms with Crippen molar-refractivity contribution in [1.29, 1.82) is 0 Å². The molecule has 0 radical (unpaired) electrons. The van der Waals surface area contributed by atoms with Crippen molar-refractivity contribution in [3.8, 4) is 0 Å². The molecule has 92 valence electrons. The summed E-state index contributed by atoms with van der Waals surface area (Å²) in [6.07, 6.45) is 4.63. The van der Waals surface area contributed by atoms with Crippen LogP contribution in [-0.4, -0.2) is 9.97 Å². The van der Waals surface area contributed by atoms with Gasteiger partial charge in [0.2, 0.25) is 0 Å². The summed E-state index contributed by atoms with van der Waals surface area (Å²) in [4.78, 5) is 7.80. The van der Waals surface area contributed by atoms with Crippen LogP contribution in [0.15, 0.2) is 18.2 Å². The Morgan fingerprint density at radius 2 is 2.18 bits per heavy atom. The number of halogens is 1. The molecule has 2 rings (SSSR count). The van der Waals surface area contributed by atoms with Gasteiger partial charge in [-0.1, -0.05) is 26.7 Å². The molecule has 3 heteroatoms. The van der Waals surface area contributed by atoms with Crippen LogP contribution in [0.2, 0.25) is 0 Å². The summed E-state index contributed by atoms with van der Waals surface area (Å²) in [5, 5.41) is 0. The van der Waals surface area contributed by atoms with Crippen LogP contribution in [0.3, 0.4) is 0 Å². The van der Waals surface area contributed by atoms with Gasteiger partial charge in [-0.2, -0.15) is 0 Å². The summed E-state index contributed by atoms with van der Waals surface area (Å²) in [7, 11) is 0. The van der Waals surface area contributed by atoms with Gasteiger partial charge in [-0.3, -0.25) is 0 Å². The van der Waals surface area contributed by atoms with Gasteiger partial charge < -0.3 is 4.98 Å². The van der Waals surface area contributed by atoms with Crippen molar-refractivity contribution in [1.82, 2.24) is 9.97 Å². The van der Waals surface area contributed by atoms with Crippen LogP contribution < -0.4 is 0 Å². The summed E-state index contributed by atoms with van der Waals surface area (Å²) >= 11 is 0. The predicted octanol–water partition coefficient (Wildman–Crippen LogP) is 4.39. The zero-order valence-corrected chi connectivity index (χ0v) is 10.5. The molecule has 2 aromatic rings. The SMILES string of the molecule is CCCCC(CC)c1nc2ccc(F)cc2[nH]1. The first kappa shape index (κ1) is 12.1. The van der Waals surface area contributed by atoms with E-state index in [4.69, 9.17) is 0 Å². The van der Waals surface area contributed by atoms with Crippen LogP contribution in [0, 0.1) is 5.82 Å². The summed E-state index contributed by atoms with van der Waals surface area (Å²) in [5.41, 5.74) is 1.66. The van der Waals surface area contributed by atoms with Crippen LogP contribution in [0.4, 0.5) is 4.39 Å². The molecular weight excluding hydrogens is 215 g/mol. The van der Waals surface area contributed by atoms with E-state index in [1.54, 1.807) is 6.07 Å². The van der Waals surface area contributed by atoms with Crippen LogP contribution in [0.25, 0.3) is 11.0 Å². The molecule has 2 nitrogen and oxygen atoms in total. The van der Waals surface area contributed by atoms with Crippen molar-refractivity contribution in [3.63, 3.8) is 0 Å². The minimum atomic E-state index is -0.214. The standard InChI is InChI=1S/C14H19FN2/c1-3-5-6-10(4-2)14-16-12-8-7-11(15)9-13(12)17-14/h7-10H,3-6H2,1-2H3,(H,16,17). The fourth-order valence-corrected chi connectivity index (χ4v) is 2.18. The highest BCUT2D eigenvalue weighted by Gasteiger charge is 2.13. The first-order valence-electron chi connectivity index (χ1n) is 6.39. The lowest BCUT2D eigenvalue weighted by Crippen LogP contribution is -1.99. The molecule has 0 aliphatic rings. The number of fused-ring (bicyclic) bond motifs is 1. The fourth-order valence-electron chi connectivity index (χ4n) is 2.18. The average Bonchev–Trinajstić information content (AvgIpc) is 2.72. The van der Waals surface area contributed by atoms with E-state index in [-0.39, 0.29) is 5.82 Å². The van der Waals surface area contributed by atoms with Crippen LogP contribution in [0.5, 0.6) is 0 Å². The third kappa shape index (κ3) is 2.65. The molecule has 0 aliphatic carbocycles. The number of nitrogens with one attached hydrogen (secondary N) is 1. The van der Waals surface area contributed by atoms with Gasteiger partial charge in [-0.25, -0.2) is 9.37 Å². The van der Waals surface area contributed by atoms with Crippen molar-refractivity contribution in [2.75, 3.05) is 0 Å². The van der Waals surface area contributed by atoms with Gasteiger partial charge in [0.1, 0.15) is 11.6 Å². The lowest BCUT2D eigenvalue weighted by molar-refractivity contribution is 0.549. The molecule has 0 fully saturated rings. The van der Waals surface area contributed by atoms with Gasteiger partial charge in [-0.15, -0.1) is 0 Å². The van der Waals surface area contributed by atoms with Gasteiger partial charge in [0.25, 0.3) is 0 Å². The lowest BCUT2D eigenvalue weighted by atomic mass is 9.99. The third-order valence-electron chi connectivity index (χ3n) is 3.25. The molecule has 1 unspecified atom stereocenters. The second-order valence-electron chi connectivity index (χ2n) is 4.53. The summed E-state index contributed by atoms with van der Waals surface area (Å²) in [5.74, 6) is 1.25. The zero-order chi connectivity index (χ0) is 12.3. The highest BCUT2D eigenvalue weighted by molar-refractivity contribution is 5.75. The number of rotatable bonds is 5. The van der Waals surface area contributed by atoms with Gasteiger partial charge in [-0.05, 0) is 31.0 Å². The average molecular weight is 234 g/mol. The lowest BCUT2D eigenvalue weighted by Gasteiger charge is -2.10. The Balaban J connectivity index is 2.27. The van der Waals surface area contributed by atoms with Crippen molar-refractivity contribution in [3.05, 3.63) is 29.8 Å². The number of aromatic amines is 1. The van der Waals surface area contributed by atoms with E-state index in [0.717, 1.165) is 29.7 Å². The van der Waals surface area contributed by atoms with E-state index < -0.39 is 0 Å². The van der Waals surface area contributed by atoms with E-state index in [1.165, 1.54) is 25.0 Å². The van der Waals surface area contributed by atoms with Crippen LogP contribution >= 0.6 is 0 Å². The molecule has 0 aliphatic heterocycles. The normalized spacial score (nSPS) is 13.1. The number of hydrogen-bond donors (Lipinski definition) is 1. The van der Waals surface area contributed by atoms with Crippen molar-refractivity contribution in [2.24, 2.45) is 0 Å². The molecule has 1 aromatic carbocycles. The van der Waals surface area contributed by atoms with Crippen LogP contribution in [-0.2, 0) is 0 Å². The Kier molecular flexibility index (Phi) is 3.77. The Bertz CT molecular complexity index is 490. The maximum Gasteiger partial charge on any atom is 0.125 e. The molecule has 1 atom stereocenters. The van der Waals surface area contributed by atoms with Crippen molar-refractivity contribution in [2.45, 2.75) is 45.4 Å². The minimum absolute atomic E-state index is 0.214. The van der Waals surface area contributed by atoms with Crippen molar-refractivity contribution < 1.29 is 4.39 Å². The van der Waals surface area contributed by atoms with E-state index in [2.05, 4.69) is 23.8 Å². The van der Waals surface area contributed by atoms with Gasteiger partial charge in [0, 0.05) is 5.92 Å². The molecule has 0 saturated carbocycles. The summed E-state index contributed by atoms with van der Waals surface area (Å²) in [6.45, 7) is 4.37. The maximum atomic E-state index is 13.1. The van der Waals surface area contributed by atoms with Crippen molar-refractivity contribution >= 4 is 11.0 Å². The predicted molar refractivity (Wildman–Crippen MR) is 68.6 cm³/mol. The number of imidazole rings is 1. The van der Waals surface area contributed by atoms with E-state index in [1.807, 2.05) is 0 Å². The van der Waals surface area contributed by atoms with E-state index in [0.29, 0.717) is 5.92 Å². The second kappa shape index (κ2) is 5.30. The monoisotopic (exact) mass is 234 g/mol. The summed E-state index contributed by atoms with van der Waals surface area (Å²) < 4.78 is 13.1. The first-order chi connectivity index (χ1) is 8.24. The number of H-pyrrole nitrogens is 1. The summed E-state index contributed by atoms with van der Waals surface area (Å²) in [6, 6.07) is 4.70. The molecule has 1 aromatic heterocycles. The Labute approximate surface area is 101 Å². The number of nitrogens with zero attached hydrogens (tertiary/aromatic N) is 1. The third-order valence-corrected chi connectivity index (χ3v) is 3.25. The zero-order valence-electron chi connectivity index (χ0n) is 10.5. The van der Waals surface area contributed by atoms with E-state index >= 15 is 0 Å². The molecule has 1 heterocycles. The molecule has 17 heavy (non-hydrogen) atoms. The maximum absolute atomic E-state index is 13.1. The Hall–Kier alpha value is -1.38. The number of benzene rings is 1.